The van der Waals surface area contributed by atoms with Gasteiger partial charge in [-0.15, -0.1) is 11.8 Å². The van der Waals surface area contributed by atoms with Crippen molar-refractivity contribution < 1.29 is 24.5 Å². The minimum atomic E-state index is -1.06. The minimum Gasteiger partial charge on any atom is -0.478 e. The van der Waals surface area contributed by atoms with E-state index in [1.165, 1.54) is 35.6 Å². The molecule has 9 heteroatoms. The van der Waals surface area contributed by atoms with E-state index in [-0.39, 0.29) is 24.4 Å². The quantitative estimate of drug-likeness (QED) is 0.432. The van der Waals surface area contributed by atoms with Gasteiger partial charge in [0, 0.05) is 20.9 Å². The van der Waals surface area contributed by atoms with Crippen LogP contribution in [0.3, 0.4) is 0 Å². The van der Waals surface area contributed by atoms with Crippen LogP contribution in [0, 0.1) is 0 Å². The molecule has 0 amide bonds. The molecule has 0 bridgehead atoms. The summed E-state index contributed by atoms with van der Waals surface area (Å²) in [6.45, 7) is 1.69. The van der Waals surface area contributed by atoms with Crippen molar-refractivity contribution in [2.45, 2.75) is 19.9 Å². The number of thioether (sulfide) groups is 1. The molecule has 1 aromatic heterocycles. The average molecular weight is 502 g/mol. The predicted octanol–water partition coefficient (Wildman–Crippen LogP) is 4.66. The Labute approximate surface area is 205 Å². The number of hydrogen-bond acceptors (Lipinski definition) is 6. The van der Waals surface area contributed by atoms with Crippen LogP contribution >= 0.6 is 23.4 Å². The molecule has 0 radical (unpaired) electrons. The summed E-state index contributed by atoms with van der Waals surface area (Å²) in [5, 5.41) is 20.4. The van der Waals surface area contributed by atoms with E-state index >= 15 is 0 Å². The number of carboxylic acid groups (broad SMARTS) is 1. The van der Waals surface area contributed by atoms with E-state index in [9.17, 15) is 19.5 Å². The first-order valence-corrected chi connectivity index (χ1v) is 12.0. The largest absolute Gasteiger partial charge is 0.478 e. The fraction of sp³-hybridized carbons (Fsp3) is 0.240. The number of aromatic nitrogens is 1. The number of rotatable bonds is 8. The first kappa shape index (κ1) is 25.6. The molecule has 0 aliphatic heterocycles. The van der Waals surface area contributed by atoms with Crippen LogP contribution in [-0.4, -0.2) is 46.7 Å². The molecule has 7 nitrogen and oxygen atoms in total. The Kier molecular flexibility index (Phi) is 8.19. The average Bonchev–Trinajstić information content (AvgIpc) is 2.84. The van der Waals surface area contributed by atoms with E-state index in [4.69, 9.17) is 21.4 Å². The number of carbonyl (C=O) groups excluding carboxylic acids is 1. The van der Waals surface area contributed by atoms with Crippen molar-refractivity contribution in [2.24, 2.45) is 0 Å². The standard InChI is InChI=1S/C25H24ClNO6S/c1-4-15(13-28)22(34-3)20-19-11-17(26)9-10-18(19)23(29)27(21(20)25(32)33-2)12-14-5-7-16(8-6-14)24(30)31/h5-11,28H,4,12-13H2,1-3H3,(H,30,31)/b22-15+. The maximum absolute atomic E-state index is 13.6. The molecule has 1 heterocycles. The molecule has 2 N–H and O–H groups in total. The number of methoxy groups -OCH3 is 1. The second-order valence-electron chi connectivity index (χ2n) is 7.45. The van der Waals surface area contributed by atoms with E-state index in [1.807, 2.05) is 13.2 Å². The van der Waals surface area contributed by atoms with Crippen LogP contribution in [0.25, 0.3) is 15.7 Å². The van der Waals surface area contributed by atoms with Gasteiger partial charge in [-0.2, -0.15) is 0 Å². The van der Waals surface area contributed by atoms with E-state index in [2.05, 4.69) is 0 Å². The van der Waals surface area contributed by atoms with E-state index in [1.54, 1.807) is 30.3 Å². The van der Waals surface area contributed by atoms with Crippen LogP contribution in [-0.2, 0) is 11.3 Å². The van der Waals surface area contributed by atoms with Crippen molar-refractivity contribution in [3.8, 4) is 0 Å². The highest BCUT2D eigenvalue weighted by molar-refractivity contribution is 8.07. The zero-order valence-electron chi connectivity index (χ0n) is 18.9. The van der Waals surface area contributed by atoms with Gasteiger partial charge < -0.3 is 14.9 Å². The molecule has 0 saturated heterocycles. The summed E-state index contributed by atoms with van der Waals surface area (Å²) in [4.78, 5) is 38.5. The van der Waals surface area contributed by atoms with Gasteiger partial charge in [0.25, 0.3) is 5.56 Å². The third-order valence-corrected chi connectivity index (χ3v) is 6.66. The number of aromatic carboxylic acids is 1. The topological polar surface area (TPSA) is 106 Å². The van der Waals surface area contributed by atoms with Crippen LogP contribution in [0.2, 0.25) is 5.02 Å². The lowest BCUT2D eigenvalue weighted by molar-refractivity contribution is 0.0586. The number of fused-ring (bicyclic) bond motifs is 1. The number of pyridine rings is 1. The number of aliphatic hydroxyl groups is 1. The van der Waals surface area contributed by atoms with Crippen LogP contribution in [0.4, 0.5) is 0 Å². The van der Waals surface area contributed by atoms with E-state index in [0.717, 1.165) is 0 Å². The monoisotopic (exact) mass is 501 g/mol. The van der Waals surface area contributed by atoms with E-state index in [0.29, 0.717) is 43.8 Å². The first-order chi connectivity index (χ1) is 16.3. The van der Waals surface area contributed by atoms with Crippen LogP contribution in [0.1, 0.15) is 45.3 Å². The molecule has 2 aromatic carbocycles. The smallest absolute Gasteiger partial charge is 0.355 e. The van der Waals surface area contributed by atoms with Gasteiger partial charge >= 0.3 is 11.9 Å². The van der Waals surface area contributed by atoms with E-state index < -0.39 is 17.5 Å². The second-order valence-corrected chi connectivity index (χ2v) is 8.70. The third-order valence-electron chi connectivity index (χ3n) is 5.52. The highest BCUT2D eigenvalue weighted by atomic mass is 35.5. The summed E-state index contributed by atoms with van der Waals surface area (Å²) in [6, 6.07) is 10.9. The van der Waals surface area contributed by atoms with Crippen molar-refractivity contribution in [2.75, 3.05) is 20.0 Å². The zero-order valence-corrected chi connectivity index (χ0v) is 20.5. The van der Waals surface area contributed by atoms with Crippen molar-refractivity contribution in [3.05, 3.63) is 85.8 Å². The Hall–Kier alpha value is -3.07. The number of benzene rings is 2. The predicted molar refractivity (Wildman–Crippen MR) is 135 cm³/mol. The van der Waals surface area contributed by atoms with Crippen molar-refractivity contribution in [3.63, 3.8) is 0 Å². The summed E-state index contributed by atoms with van der Waals surface area (Å²) >= 11 is 7.63. The fourth-order valence-electron chi connectivity index (χ4n) is 3.81. The minimum absolute atomic E-state index is 0.0109. The van der Waals surface area contributed by atoms with Gasteiger partial charge in [-0.1, -0.05) is 30.7 Å². The first-order valence-electron chi connectivity index (χ1n) is 10.4. The molecule has 0 unspecified atom stereocenters. The highest BCUT2D eigenvalue weighted by Crippen LogP contribution is 2.38. The number of esters is 1. The Morgan fingerprint density at radius 1 is 1.12 bits per heavy atom. The number of halogens is 1. The van der Waals surface area contributed by atoms with Gasteiger partial charge in [0.05, 0.1) is 25.8 Å². The molecule has 0 fully saturated rings. The fourth-order valence-corrected chi connectivity index (χ4v) is 4.89. The number of nitrogens with zero attached hydrogens (tertiary/aromatic N) is 1. The Morgan fingerprint density at radius 3 is 2.32 bits per heavy atom. The lowest BCUT2D eigenvalue weighted by Crippen LogP contribution is -2.29. The molecule has 34 heavy (non-hydrogen) atoms. The molecule has 0 spiro atoms. The number of hydrogen-bond donors (Lipinski definition) is 2. The molecule has 0 atom stereocenters. The number of carboxylic acids is 1. The summed E-state index contributed by atoms with van der Waals surface area (Å²) in [7, 11) is 1.24. The molecular weight excluding hydrogens is 478 g/mol. The Balaban J connectivity index is 2.45. The summed E-state index contributed by atoms with van der Waals surface area (Å²) in [5.74, 6) is -1.77. The van der Waals surface area contributed by atoms with Gasteiger partial charge in [0.1, 0.15) is 5.69 Å². The Bertz CT molecular complexity index is 1340. The van der Waals surface area contributed by atoms with Crippen molar-refractivity contribution in [1.82, 2.24) is 4.57 Å². The number of aliphatic hydroxyl groups excluding tert-OH is 1. The van der Waals surface area contributed by atoms with Gasteiger partial charge in [-0.3, -0.25) is 9.36 Å². The van der Waals surface area contributed by atoms with Gasteiger partial charge in [-0.25, -0.2) is 9.59 Å². The number of ether oxygens (including phenoxy) is 1. The second kappa shape index (κ2) is 10.9. The summed E-state index contributed by atoms with van der Waals surface area (Å²) < 4.78 is 6.41. The Morgan fingerprint density at radius 2 is 1.79 bits per heavy atom. The number of carbonyl (C=O) groups is 2. The molecule has 0 aliphatic rings. The molecule has 178 valence electrons. The lowest BCUT2D eigenvalue weighted by Gasteiger charge is -2.21. The molecule has 0 aliphatic carbocycles. The molecule has 0 saturated carbocycles. The maximum atomic E-state index is 13.6. The molecule has 3 rings (SSSR count). The SMILES string of the molecule is CC/C(CO)=C(\SC)c1c(C(=O)OC)n(Cc2ccc(C(=O)O)cc2)c(=O)c2ccc(Cl)cc12. The molecular formula is C25H24ClNO6S. The normalized spacial score (nSPS) is 11.9. The van der Waals surface area contributed by atoms with Crippen LogP contribution in [0.5, 0.6) is 0 Å². The van der Waals surface area contributed by atoms with Crippen LogP contribution in [0.15, 0.2) is 52.8 Å². The van der Waals surface area contributed by atoms with Gasteiger partial charge in [-0.05, 0) is 59.5 Å². The summed E-state index contributed by atoms with van der Waals surface area (Å²) in [6.07, 6.45) is 2.36. The third kappa shape index (κ3) is 4.89. The van der Waals surface area contributed by atoms with Gasteiger partial charge in [0.2, 0.25) is 0 Å². The van der Waals surface area contributed by atoms with Crippen LogP contribution < -0.4 is 5.56 Å². The lowest BCUT2D eigenvalue weighted by atomic mass is 9.99. The highest BCUT2D eigenvalue weighted by Gasteiger charge is 2.26. The zero-order chi connectivity index (χ0) is 25.0. The van der Waals surface area contributed by atoms with Crippen molar-refractivity contribution >= 4 is 51.0 Å². The maximum Gasteiger partial charge on any atom is 0.355 e. The molecule has 3 aromatic rings. The van der Waals surface area contributed by atoms with Crippen molar-refractivity contribution in [1.29, 1.82) is 0 Å². The van der Waals surface area contributed by atoms with Gasteiger partial charge in [0.15, 0.2) is 0 Å². The summed E-state index contributed by atoms with van der Waals surface area (Å²) in [5.41, 5.74) is 1.53.